The third-order valence-corrected chi connectivity index (χ3v) is 2.86. The van der Waals surface area contributed by atoms with E-state index >= 15 is 0 Å². The Morgan fingerprint density at radius 1 is 1.31 bits per heavy atom. The molecule has 1 amide bonds. The molecule has 0 aromatic heterocycles. The maximum atomic E-state index is 11.4. The molecule has 0 aliphatic carbocycles. The second-order valence-electron chi connectivity index (χ2n) is 3.96. The monoisotopic (exact) mass is 408 g/mol. The van der Waals surface area contributed by atoms with Gasteiger partial charge in [-0.05, 0) is 5.92 Å². The topological polar surface area (TPSA) is 101 Å². The summed E-state index contributed by atoms with van der Waals surface area (Å²) in [7, 11) is 1.12. The first-order valence-electron chi connectivity index (χ1n) is 4.48. The average molecular weight is 408 g/mol. The predicted octanol–water partition coefficient (Wildman–Crippen LogP) is -3.03. The number of β-lactam (4-membered cyclic amide) rings is 1. The molecule has 0 bridgehead atoms. The summed E-state index contributed by atoms with van der Waals surface area (Å²) in [5, 5.41) is 21.8. The summed E-state index contributed by atoms with van der Waals surface area (Å²) >= 11 is 0. The van der Waals surface area contributed by atoms with Gasteiger partial charge in [0.25, 0.3) is 0 Å². The summed E-state index contributed by atoms with van der Waals surface area (Å²) in [5.41, 5.74) is -2.31. The van der Waals surface area contributed by atoms with Crippen LogP contribution in [0.4, 0.5) is 0 Å². The van der Waals surface area contributed by atoms with Gasteiger partial charge in [0.2, 0.25) is 5.91 Å². The van der Waals surface area contributed by atoms with E-state index in [1.807, 2.05) is 0 Å². The molecule has 92 valence electrons. The number of carboxylic acids is 2. The number of likely N-dealkylation sites (tertiary alicyclic amines) is 1. The zero-order valence-corrected chi connectivity index (χ0v) is 11.2. The molecule has 0 aromatic carbocycles. The molecule has 0 spiro atoms. The van der Waals surface area contributed by atoms with Crippen LogP contribution in [-0.2, 0) is 35.4 Å². The fourth-order valence-corrected chi connectivity index (χ4v) is 2.08. The summed E-state index contributed by atoms with van der Waals surface area (Å²) in [6.07, 6.45) is 0. The van der Waals surface area contributed by atoms with Crippen molar-refractivity contribution < 1.29 is 45.7 Å². The minimum absolute atomic E-state index is 0. The standard InChI is InChI=1S/C9H13NO5.Pt/c1-4(2)5-6(11)10(3)9(5,7(12)13)8(14)15;/h4-5H,1-3H3,(H,12,13)(H,14,15);/q;+2/p-2. The molecule has 1 saturated heterocycles. The van der Waals surface area contributed by atoms with Crippen LogP contribution >= 0.6 is 0 Å². The molecule has 1 aliphatic heterocycles. The quantitative estimate of drug-likeness (QED) is 0.365. The van der Waals surface area contributed by atoms with Crippen molar-refractivity contribution in [1.29, 1.82) is 0 Å². The molecule has 0 aromatic rings. The van der Waals surface area contributed by atoms with Gasteiger partial charge >= 0.3 is 21.1 Å². The van der Waals surface area contributed by atoms with E-state index in [4.69, 9.17) is 0 Å². The molecular weight excluding hydrogens is 397 g/mol. The van der Waals surface area contributed by atoms with Gasteiger partial charge in [0.05, 0.1) is 17.9 Å². The predicted molar refractivity (Wildman–Crippen MR) is 43.8 cm³/mol. The normalized spacial score (nSPS) is 22.4. The van der Waals surface area contributed by atoms with Crippen molar-refractivity contribution in [1.82, 2.24) is 4.90 Å². The van der Waals surface area contributed by atoms with Gasteiger partial charge in [0.15, 0.2) is 0 Å². The second-order valence-corrected chi connectivity index (χ2v) is 3.96. The molecule has 7 heteroatoms. The molecule has 1 unspecified atom stereocenters. The van der Waals surface area contributed by atoms with Gasteiger partial charge < -0.3 is 24.7 Å². The summed E-state index contributed by atoms with van der Waals surface area (Å²) in [4.78, 5) is 33.8. The molecule has 1 rings (SSSR count). The summed E-state index contributed by atoms with van der Waals surface area (Å²) < 4.78 is 0. The number of carbonyl (C=O) groups is 3. The van der Waals surface area contributed by atoms with Gasteiger partial charge in [-0.1, -0.05) is 13.8 Å². The maximum absolute atomic E-state index is 11.4. The van der Waals surface area contributed by atoms with Crippen LogP contribution < -0.4 is 10.2 Å². The summed E-state index contributed by atoms with van der Waals surface area (Å²) in [5.74, 6) is -5.63. The Bertz CT molecular complexity index is 327. The van der Waals surface area contributed by atoms with E-state index in [1.54, 1.807) is 13.8 Å². The van der Waals surface area contributed by atoms with E-state index in [-0.39, 0.29) is 21.1 Å². The van der Waals surface area contributed by atoms with Crippen molar-refractivity contribution in [2.45, 2.75) is 19.4 Å². The average Bonchev–Trinajstić information content (AvgIpc) is 2.09. The van der Waals surface area contributed by atoms with Crippen LogP contribution in [0.15, 0.2) is 0 Å². The smallest absolute Gasteiger partial charge is 0.547 e. The minimum atomic E-state index is -2.31. The Labute approximate surface area is 107 Å². The van der Waals surface area contributed by atoms with Crippen molar-refractivity contribution in [3.63, 3.8) is 0 Å². The summed E-state index contributed by atoms with van der Waals surface area (Å²) in [6.45, 7) is 3.16. The SMILES string of the molecule is CC(C)C1C(=O)N(C)C1(C(=O)[O-])C(=O)[O-].[Pt+2]. The van der Waals surface area contributed by atoms with Crippen LogP contribution in [0.1, 0.15) is 13.8 Å². The van der Waals surface area contributed by atoms with Gasteiger partial charge in [-0.25, -0.2) is 0 Å². The fourth-order valence-electron chi connectivity index (χ4n) is 2.08. The largest absolute Gasteiger partial charge is 2.00 e. The van der Waals surface area contributed by atoms with E-state index in [0.29, 0.717) is 4.90 Å². The van der Waals surface area contributed by atoms with Gasteiger partial charge in [-0.3, -0.25) is 4.79 Å². The van der Waals surface area contributed by atoms with E-state index in [9.17, 15) is 24.6 Å². The number of hydrogen-bond donors (Lipinski definition) is 0. The zero-order valence-electron chi connectivity index (χ0n) is 8.96. The number of nitrogens with zero attached hydrogens (tertiary/aromatic N) is 1. The Balaban J connectivity index is 0.00000225. The molecule has 1 fully saturated rings. The van der Waals surface area contributed by atoms with Crippen LogP contribution in [-0.4, -0.2) is 35.3 Å². The van der Waals surface area contributed by atoms with Crippen molar-refractivity contribution in [2.75, 3.05) is 7.05 Å². The van der Waals surface area contributed by atoms with Crippen LogP contribution in [0, 0.1) is 11.8 Å². The molecule has 0 N–H and O–H groups in total. The molecule has 1 aliphatic rings. The Morgan fingerprint density at radius 3 is 1.88 bits per heavy atom. The first-order chi connectivity index (χ1) is 6.77. The molecule has 16 heavy (non-hydrogen) atoms. The van der Waals surface area contributed by atoms with Crippen molar-refractivity contribution in [3.05, 3.63) is 0 Å². The van der Waals surface area contributed by atoms with Crippen molar-refractivity contribution >= 4 is 17.8 Å². The van der Waals surface area contributed by atoms with Gasteiger partial charge in [-0.15, -0.1) is 0 Å². The minimum Gasteiger partial charge on any atom is -0.547 e. The molecule has 1 atom stereocenters. The van der Waals surface area contributed by atoms with E-state index in [2.05, 4.69) is 0 Å². The Kier molecular flexibility index (Phi) is 4.28. The van der Waals surface area contributed by atoms with E-state index < -0.39 is 35.2 Å². The van der Waals surface area contributed by atoms with Gasteiger partial charge in [-0.2, -0.15) is 0 Å². The second kappa shape index (κ2) is 4.53. The molecular formula is C9H11NO5Pt. The number of hydrogen-bond acceptors (Lipinski definition) is 5. The zero-order chi connectivity index (χ0) is 12.0. The van der Waals surface area contributed by atoms with Crippen LogP contribution in [0.25, 0.3) is 0 Å². The maximum Gasteiger partial charge on any atom is 2.00 e. The third kappa shape index (κ3) is 1.56. The number of carbonyl (C=O) groups excluding carboxylic acids is 3. The number of aliphatic carboxylic acids is 2. The molecule has 0 radical (unpaired) electrons. The first-order valence-corrected chi connectivity index (χ1v) is 4.48. The van der Waals surface area contributed by atoms with Gasteiger partial charge in [0.1, 0.15) is 5.54 Å². The van der Waals surface area contributed by atoms with Crippen LogP contribution in [0.2, 0.25) is 0 Å². The number of likely N-dealkylation sites (N-methyl/N-ethyl adjacent to an activating group) is 1. The number of amides is 1. The fraction of sp³-hybridized carbons (Fsp3) is 0.667. The molecule has 6 nitrogen and oxygen atoms in total. The number of rotatable bonds is 3. The van der Waals surface area contributed by atoms with E-state index in [1.165, 1.54) is 0 Å². The van der Waals surface area contributed by atoms with Crippen LogP contribution in [0.3, 0.4) is 0 Å². The van der Waals surface area contributed by atoms with Crippen LogP contribution in [0.5, 0.6) is 0 Å². The van der Waals surface area contributed by atoms with Crippen molar-refractivity contribution in [2.24, 2.45) is 11.8 Å². The van der Waals surface area contributed by atoms with Gasteiger partial charge in [0, 0.05) is 7.05 Å². The van der Waals surface area contributed by atoms with Crippen molar-refractivity contribution in [3.8, 4) is 0 Å². The number of carboxylic acid groups (broad SMARTS) is 2. The Hall–Kier alpha value is -0.902. The molecule has 1 heterocycles. The Morgan fingerprint density at radius 2 is 1.69 bits per heavy atom. The first kappa shape index (κ1) is 15.1. The molecule has 0 saturated carbocycles. The summed E-state index contributed by atoms with van der Waals surface area (Å²) in [6, 6.07) is 0. The third-order valence-electron chi connectivity index (χ3n) is 2.86. The van der Waals surface area contributed by atoms with E-state index in [0.717, 1.165) is 7.05 Å².